The third-order valence-corrected chi connectivity index (χ3v) is 4.17. The van der Waals surface area contributed by atoms with E-state index in [2.05, 4.69) is 14.9 Å². The molecule has 1 aliphatic rings. The fourth-order valence-corrected chi connectivity index (χ4v) is 2.70. The molecule has 0 atom stereocenters. The molecule has 24 heavy (non-hydrogen) atoms. The lowest BCUT2D eigenvalue weighted by atomic mass is 10.2. The number of anilines is 1. The van der Waals surface area contributed by atoms with Gasteiger partial charge in [0.1, 0.15) is 5.69 Å². The molecule has 0 aromatic carbocycles. The van der Waals surface area contributed by atoms with Crippen LogP contribution in [-0.4, -0.2) is 60.7 Å². The number of hydrogen-bond donors (Lipinski definition) is 0. The maximum atomic E-state index is 12.6. The first-order valence-electron chi connectivity index (χ1n) is 8.17. The second kappa shape index (κ2) is 7.88. The average Bonchev–Trinajstić information content (AvgIpc) is 2.67. The molecule has 1 fully saturated rings. The van der Waals surface area contributed by atoms with Gasteiger partial charge in [-0.3, -0.25) is 14.8 Å². The summed E-state index contributed by atoms with van der Waals surface area (Å²) in [7, 11) is 1.81. The molecule has 126 valence electrons. The van der Waals surface area contributed by atoms with Gasteiger partial charge >= 0.3 is 0 Å². The van der Waals surface area contributed by atoms with Gasteiger partial charge in [-0.2, -0.15) is 0 Å². The predicted molar refractivity (Wildman–Crippen MR) is 92.2 cm³/mol. The zero-order chi connectivity index (χ0) is 16.8. The Hall–Kier alpha value is -2.47. The van der Waals surface area contributed by atoms with Crippen LogP contribution >= 0.6 is 0 Å². The van der Waals surface area contributed by atoms with Crippen molar-refractivity contribution >= 4 is 11.6 Å². The van der Waals surface area contributed by atoms with E-state index in [1.807, 2.05) is 31.3 Å². The molecule has 1 amide bonds. The van der Waals surface area contributed by atoms with E-state index in [1.165, 1.54) is 5.56 Å². The van der Waals surface area contributed by atoms with Gasteiger partial charge in [-0.1, -0.05) is 0 Å². The van der Waals surface area contributed by atoms with Crippen LogP contribution in [0.15, 0.2) is 42.9 Å². The van der Waals surface area contributed by atoms with Crippen LogP contribution in [0.3, 0.4) is 0 Å². The van der Waals surface area contributed by atoms with Crippen molar-refractivity contribution in [3.05, 3.63) is 54.1 Å². The minimum Gasteiger partial charge on any atom is -0.378 e. The number of aromatic nitrogens is 2. The molecule has 0 aliphatic carbocycles. The van der Waals surface area contributed by atoms with E-state index in [0.29, 0.717) is 12.2 Å². The topological polar surface area (TPSA) is 58.6 Å². The van der Waals surface area contributed by atoms with Crippen molar-refractivity contribution in [3.63, 3.8) is 0 Å². The van der Waals surface area contributed by atoms with Gasteiger partial charge in [0, 0.05) is 51.0 Å². The largest absolute Gasteiger partial charge is 0.378 e. The fourth-order valence-electron chi connectivity index (χ4n) is 2.70. The van der Waals surface area contributed by atoms with Gasteiger partial charge in [0.25, 0.3) is 5.91 Å². The predicted octanol–water partition coefficient (Wildman–Crippen LogP) is 1.63. The molecular weight excluding hydrogens is 304 g/mol. The minimum absolute atomic E-state index is 0.0563. The number of likely N-dealkylation sites (N-methyl/N-ethyl adjacent to an activating group) is 1. The summed E-state index contributed by atoms with van der Waals surface area (Å²) in [6.07, 6.45) is 6.04. The lowest BCUT2D eigenvalue weighted by molar-refractivity contribution is 0.0791. The normalized spacial score (nSPS) is 14.5. The van der Waals surface area contributed by atoms with Crippen LogP contribution in [0.5, 0.6) is 0 Å². The molecule has 2 aromatic rings. The molecule has 3 rings (SSSR count). The van der Waals surface area contributed by atoms with Gasteiger partial charge in [0.05, 0.1) is 13.2 Å². The third kappa shape index (κ3) is 4.08. The summed E-state index contributed by atoms with van der Waals surface area (Å²) < 4.78 is 5.37. The van der Waals surface area contributed by atoms with Gasteiger partial charge in [-0.25, -0.2) is 0 Å². The van der Waals surface area contributed by atoms with Gasteiger partial charge in [-0.05, 0) is 36.2 Å². The summed E-state index contributed by atoms with van der Waals surface area (Å²) >= 11 is 0. The molecule has 3 heterocycles. The molecule has 1 aliphatic heterocycles. The van der Waals surface area contributed by atoms with Crippen molar-refractivity contribution in [1.82, 2.24) is 14.9 Å². The number of amides is 1. The Bertz CT molecular complexity index is 672. The van der Waals surface area contributed by atoms with Crippen LogP contribution < -0.4 is 4.90 Å². The number of hydrogen-bond acceptors (Lipinski definition) is 5. The average molecular weight is 326 g/mol. The second-order valence-corrected chi connectivity index (χ2v) is 5.83. The number of rotatable bonds is 5. The Kier molecular flexibility index (Phi) is 5.38. The highest BCUT2D eigenvalue weighted by atomic mass is 16.5. The zero-order valence-electron chi connectivity index (χ0n) is 13.9. The molecule has 0 saturated carbocycles. The molecule has 0 radical (unpaired) electrons. The first-order chi connectivity index (χ1) is 11.7. The number of nitrogens with zero attached hydrogens (tertiary/aromatic N) is 4. The standard InChI is InChI=1S/C18H22N4O2/c1-21(9-5-15-2-6-19-7-3-15)18(23)17-14-16(4-8-20-17)22-10-12-24-13-11-22/h2-4,6-8,14H,5,9-13H2,1H3. The Morgan fingerprint density at radius 2 is 1.96 bits per heavy atom. The van der Waals surface area contributed by atoms with Crippen molar-refractivity contribution in [2.45, 2.75) is 6.42 Å². The van der Waals surface area contributed by atoms with Crippen LogP contribution in [0.1, 0.15) is 16.1 Å². The first-order valence-corrected chi connectivity index (χ1v) is 8.17. The van der Waals surface area contributed by atoms with Crippen LogP contribution in [0.2, 0.25) is 0 Å². The Morgan fingerprint density at radius 3 is 2.71 bits per heavy atom. The van der Waals surface area contributed by atoms with E-state index in [9.17, 15) is 4.79 Å². The van der Waals surface area contributed by atoms with Crippen LogP contribution in [0.4, 0.5) is 5.69 Å². The van der Waals surface area contributed by atoms with E-state index >= 15 is 0 Å². The van der Waals surface area contributed by atoms with Crippen molar-refractivity contribution in [1.29, 1.82) is 0 Å². The van der Waals surface area contributed by atoms with E-state index < -0.39 is 0 Å². The Morgan fingerprint density at radius 1 is 1.21 bits per heavy atom. The van der Waals surface area contributed by atoms with Gasteiger partial charge in [-0.15, -0.1) is 0 Å². The highest BCUT2D eigenvalue weighted by Gasteiger charge is 2.16. The lowest BCUT2D eigenvalue weighted by Crippen LogP contribution is -2.36. The highest BCUT2D eigenvalue weighted by molar-refractivity contribution is 5.93. The number of carbonyl (C=O) groups is 1. The molecule has 0 N–H and O–H groups in total. The molecule has 2 aromatic heterocycles. The maximum absolute atomic E-state index is 12.6. The number of pyridine rings is 2. The molecule has 6 nitrogen and oxygen atoms in total. The Balaban J connectivity index is 1.63. The molecule has 0 bridgehead atoms. The van der Waals surface area contributed by atoms with Gasteiger partial charge < -0.3 is 14.5 Å². The summed E-state index contributed by atoms with van der Waals surface area (Å²) in [5, 5.41) is 0. The molecule has 0 spiro atoms. The SMILES string of the molecule is CN(CCc1ccncc1)C(=O)c1cc(N2CCOCC2)ccn1. The number of carbonyl (C=O) groups excluding carboxylic acids is 1. The van der Waals surface area contributed by atoms with Crippen molar-refractivity contribution in [2.75, 3.05) is 44.8 Å². The summed E-state index contributed by atoms with van der Waals surface area (Å²) in [5.41, 5.74) is 2.68. The van der Waals surface area contributed by atoms with Gasteiger partial charge in [0.15, 0.2) is 0 Å². The lowest BCUT2D eigenvalue weighted by Gasteiger charge is -2.29. The minimum atomic E-state index is -0.0563. The summed E-state index contributed by atoms with van der Waals surface area (Å²) in [5.74, 6) is -0.0563. The number of ether oxygens (including phenoxy) is 1. The monoisotopic (exact) mass is 326 g/mol. The molecule has 6 heteroatoms. The molecule has 1 saturated heterocycles. The van der Waals surface area contributed by atoms with Gasteiger partial charge in [0.2, 0.25) is 0 Å². The first kappa shape index (κ1) is 16.4. The van der Waals surface area contributed by atoms with E-state index in [1.54, 1.807) is 23.5 Å². The smallest absolute Gasteiger partial charge is 0.272 e. The summed E-state index contributed by atoms with van der Waals surface area (Å²) in [6, 6.07) is 7.75. The fraction of sp³-hybridized carbons (Fsp3) is 0.389. The third-order valence-electron chi connectivity index (χ3n) is 4.17. The van der Waals surface area contributed by atoms with E-state index in [0.717, 1.165) is 38.4 Å². The zero-order valence-corrected chi connectivity index (χ0v) is 13.9. The van der Waals surface area contributed by atoms with Crippen LogP contribution in [0.25, 0.3) is 0 Å². The van der Waals surface area contributed by atoms with Crippen molar-refractivity contribution < 1.29 is 9.53 Å². The summed E-state index contributed by atoms with van der Waals surface area (Å²) in [6.45, 7) is 3.77. The van der Waals surface area contributed by atoms with Crippen molar-refractivity contribution in [2.24, 2.45) is 0 Å². The van der Waals surface area contributed by atoms with Crippen LogP contribution in [0, 0.1) is 0 Å². The quantitative estimate of drug-likeness (QED) is 0.836. The Labute approximate surface area is 142 Å². The number of morpholine rings is 1. The second-order valence-electron chi connectivity index (χ2n) is 5.83. The summed E-state index contributed by atoms with van der Waals surface area (Å²) in [4.78, 5) is 24.8. The van der Waals surface area contributed by atoms with E-state index in [4.69, 9.17) is 4.74 Å². The highest BCUT2D eigenvalue weighted by Crippen LogP contribution is 2.17. The van der Waals surface area contributed by atoms with E-state index in [-0.39, 0.29) is 5.91 Å². The van der Waals surface area contributed by atoms with Crippen molar-refractivity contribution in [3.8, 4) is 0 Å². The molecule has 0 unspecified atom stereocenters. The van der Waals surface area contributed by atoms with Crippen LogP contribution in [-0.2, 0) is 11.2 Å². The maximum Gasteiger partial charge on any atom is 0.272 e. The molecular formula is C18H22N4O2.